The molecule has 2 atom stereocenters. The van der Waals surface area contributed by atoms with Crippen molar-refractivity contribution < 1.29 is 9.94 Å². The van der Waals surface area contributed by atoms with E-state index < -0.39 is 0 Å². The summed E-state index contributed by atoms with van der Waals surface area (Å²) in [5.41, 5.74) is 1.34. The third-order valence-electron chi connectivity index (χ3n) is 4.60. The number of oxime groups is 1. The molecule has 1 saturated heterocycles. The minimum absolute atomic E-state index is 0.232. The Bertz CT molecular complexity index is 268. The molecule has 3 nitrogen and oxygen atoms in total. The smallest absolute Gasteiger partial charge is 0.0667 e. The molecule has 78 valence electrons. The maximum Gasteiger partial charge on any atom is 0.0667 e. The van der Waals surface area contributed by atoms with Crippen LogP contribution in [0.25, 0.3) is 0 Å². The van der Waals surface area contributed by atoms with E-state index in [2.05, 4.69) is 5.16 Å². The largest absolute Gasteiger partial charge is 0.411 e. The Labute approximate surface area is 84.1 Å². The molecule has 2 saturated carbocycles. The fraction of sp³-hybridized carbons (Fsp3) is 0.909. The van der Waals surface area contributed by atoms with Crippen LogP contribution in [-0.4, -0.2) is 24.1 Å². The molecule has 0 radical (unpaired) electrons. The minimum Gasteiger partial charge on any atom is -0.411 e. The van der Waals surface area contributed by atoms with E-state index in [0.29, 0.717) is 5.92 Å². The highest BCUT2D eigenvalue weighted by atomic mass is 16.5. The molecule has 1 spiro atoms. The van der Waals surface area contributed by atoms with Gasteiger partial charge in [0, 0.05) is 24.5 Å². The third-order valence-corrected chi connectivity index (χ3v) is 4.60. The van der Waals surface area contributed by atoms with Crippen LogP contribution in [0.1, 0.15) is 32.1 Å². The van der Waals surface area contributed by atoms with Gasteiger partial charge in [-0.1, -0.05) is 5.16 Å². The molecule has 1 N–H and O–H groups in total. The molecule has 1 aliphatic heterocycles. The van der Waals surface area contributed by atoms with Gasteiger partial charge in [-0.2, -0.15) is 0 Å². The summed E-state index contributed by atoms with van der Waals surface area (Å²) in [7, 11) is 0. The number of nitrogens with zero attached hydrogens (tertiary/aromatic N) is 1. The van der Waals surface area contributed by atoms with Gasteiger partial charge in [0.05, 0.1) is 5.71 Å². The zero-order valence-electron chi connectivity index (χ0n) is 8.41. The van der Waals surface area contributed by atoms with E-state index in [9.17, 15) is 0 Å². The van der Waals surface area contributed by atoms with Gasteiger partial charge in [0.1, 0.15) is 0 Å². The highest BCUT2D eigenvalue weighted by molar-refractivity contribution is 5.95. The summed E-state index contributed by atoms with van der Waals surface area (Å²) in [5, 5.41) is 12.8. The van der Waals surface area contributed by atoms with Gasteiger partial charge in [-0.3, -0.25) is 0 Å². The van der Waals surface area contributed by atoms with E-state index in [1.54, 1.807) is 0 Å². The standard InChI is InChI=1S/C11H17NO2/c13-12-10-8-1-2-9(7-8)11(10)3-5-14-6-4-11/h8-9,13H,1-7H2. The summed E-state index contributed by atoms with van der Waals surface area (Å²) in [6.45, 7) is 1.70. The summed E-state index contributed by atoms with van der Waals surface area (Å²) in [5.74, 6) is 1.37. The average Bonchev–Trinajstić information content (AvgIpc) is 2.78. The van der Waals surface area contributed by atoms with E-state index in [4.69, 9.17) is 9.94 Å². The highest BCUT2D eigenvalue weighted by Crippen LogP contribution is 2.58. The van der Waals surface area contributed by atoms with E-state index in [-0.39, 0.29) is 5.41 Å². The normalized spacial score (nSPS) is 42.4. The summed E-state index contributed by atoms with van der Waals surface area (Å²) in [6, 6.07) is 0. The van der Waals surface area contributed by atoms with E-state index in [1.165, 1.54) is 19.3 Å². The van der Waals surface area contributed by atoms with Crippen molar-refractivity contribution in [3.63, 3.8) is 0 Å². The predicted molar refractivity (Wildman–Crippen MR) is 52.5 cm³/mol. The van der Waals surface area contributed by atoms with Crippen molar-refractivity contribution in [3.8, 4) is 0 Å². The lowest BCUT2D eigenvalue weighted by atomic mass is 9.67. The highest BCUT2D eigenvalue weighted by Gasteiger charge is 2.56. The summed E-state index contributed by atoms with van der Waals surface area (Å²) >= 11 is 0. The SMILES string of the molecule is ON=C1C2CCC(C2)C12CCOCC2. The fourth-order valence-electron chi connectivity index (χ4n) is 3.93. The van der Waals surface area contributed by atoms with E-state index in [1.807, 2.05) is 0 Å². The Morgan fingerprint density at radius 3 is 2.79 bits per heavy atom. The van der Waals surface area contributed by atoms with Crippen molar-refractivity contribution in [1.29, 1.82) is 0 Å². The van der Waals surface area contributed by atoms with Crippen LogP contribution < -0.4 is 0 Å². The first-order valence-electron chi connectivity index (χ1n) is 5.67. The molecule has 0 amide bonds. The van der Waals surface area contributed by atoms with Crippen molar-refractivity contribution in [3.05, 3.63) is 0 Å². The first kappa shape index (κ1) is 8.72. The van der Waals surface area contributed by atoms with Crippen molar-refractivity contribution in [2.45, 2.75) is 32.1 Å². The number of fused-ring (bicyclic) bond motifs is 3. The Morgan fingerprint density at radius 2 is 2.07 bits per heavy atom. The van der Waals surface area contributed by atoms with Crippen LogP contribution >= 0.6 is 0 Å². The van der Waals surface area contributed by atoms with Gasteiger partial charge >= 0.3 is 0 Å². The van der Waals surface area contributed by atoms with Gasteiger partial charge < -0.3 is 9.94 Å². The summed E-state index contributed by atoms with van der Waals surface area (Å²) in [4.78, 5) is 0. The molecule has 14 heavy (non-hydrogen) atoms. The number of ether oxygens (including phenoxy) is 1. The van der Waals surface area contributed by atoms with Gasteiger partial charge in [0.25, 0.3) is 0 Å². The fourth-order valence-corrected chi connectivity index (χ4v) is 3.93. The lowest BCUT2D eigenvalue weighted by Crippen LogP contribution is -2.41. The summed E-state index contributed by atoms with van der Waals surface area (Å²) < 4.78 is 5.42. The maximum atomic E-state index is 9.15. The first-order valence-corrected chi connectivity index (χ1v) is 5.67. The lowest BCUT2D eigenvalue weighted by Gasteiger charge is -2.40. The Kier molecular flexibility index (Phi) is 1.84. The molecule has 1 heterocycles. The van der Waals surface area contributed by atoms with Crippen LogP contribution in [0.2, 0.25) is 0 Å². The van der Waals surface area contributed by atoms with Crippen LogP contribution in [0.4, 0.5) is 0 Å². The Morgan fingerprint density at radius 1 is 1.29 bits per heavy atom. The average molecular weight is 195 g/mol. The number of rotatable bonds is 0. The molecule has 3 heteroatoms. The van der Waals surface area contributed by atoms with Gasteiger partial charge in [0.2, 0.25) is 0 Å². The zero-order chi connectivity index (χ0) is 9.60. The molecule has 3 rings (SSSR count). The lowest BCUT2D eigenvalue weighted by molar-refractivity contribution is 0.0227. The van der Waals surface area contributed by atoms with Crippen molar-refractivity contribution in [1.82, 2.24) is 0 Å². The second kappa shape index (κ2) is 2.96. The third kappa shape index (κ3) is 0.937. The zero-order valence-corrected chi connectivity index (χ0v) is 8.41. The minimum atomic E-state index is 0.232. The van der Waals surface area contributed by atoms with Gasteiger partial charge in [0.15, 0.2) is 0 Å². The second-order valence-electron chi connectivity index (χ2n) is 4.96. The monoisotopic (exact) mass is 195 g/mol. The second-order valence-corrected chi connectivity index (χ2v) is 4.96. The van der Waals surface area contributed by atoms with Crippen molar-refractivity contribution >= 4 is 5.71 Å². The van der Waals surface area contributed by atoms with E-state index in [0.717, 1.165) is 37.7 Å². The van der Waals surface area contributed by atoms with Gasteiger partial charge in [-0.15, -0.1) is 0 Å². The van der Waals surface area contributed by atoms with Crippen molar-refractivity contribution in [2.75, 3.05) is 13.2 Å². The first-order chi connectivity index (χ1) is 6.87. The van der Waals surface area contributed by atoms with Crippen LogP contribution in [0, 0.1) is 17.3 Å². The Balaban J connectivity index is 1.96. The molecule has 3 aliphatic rings. The molecule has 3 fully saturated rings. The quantitative estimate of drug-likeness (QED) is 0.474. The molecule has 0 aromatic heterocycles. The van der Waals surface area contributed by atoms with E-state index >= 15 is 0 Å². The van der Waals surface area contributed by atoms with Crippen molar-refractivity contribution in [2.24, 2.45) is 22.4 Å². The summed E-state index contributed by atoms with van der Waals surface area (Å²) in [6.07, 6.45) is 6.00. The Hall–Kier alpha value is -0.570. The molecule has 2 aliphatic carbocycles. The van der Waals surface area contributed by atoms with Crippen LogP contribution in [0.15, 0.2) is 5.16 Å². The van der Waals surface area contributed by atoms with Crippen LogP contribution in [-0.2, 0) is 4.74 Å². The molecule has 2 unspecified atom stereocenters. The number of hydrogen-bond acceptors (Lipinski definition) is 3. The maximum absolute atomic E-state index is 9.15. The van der Waals surface area contributed by atoms with Crippen LogP contribution in [0.3, 0.4) is 0 Å². The predicted octanol–water partition coefficient (Wildman–Crippen LogP) is 2.04. The van der Waals surface area contributed by atoms with Gasteiger partial charge in [-0.25, -0.2) is 0 Å². The van der Waals surface area contributed by atoms with Crippen LogP contribution in [0.5, 0.6) is 0 Å². The topological polar surface area (TPSA) is 41.8 Å². The number of hydrogen-bond donors (Lipinski definition) is 1. The molecule has 2 bridgehead atoms. The molecular weight excluding hydrogens is 178 g/mol. The molecule has 0 aromatic carbocycles. The molecular formula is C11H17NO2. The van der Waals surface area contributed by atoms with Gasteiger partial charge in [-0.05, 0) is 38.0 Å². The molecule has 0 aromatic rings.